The summed E-state index contributed by atoms with van der Waals surface area (Å²) in [7, 11) is 2.19. The number of aromatic amines is 1. The number of hydrogen-bond donors (Lipinski definition) is 1. The molecule has 0 atom stereocenters. The van der Waals surface area contributed by atoms with Gasteiger partial charge in [-0.2, -0.15) is 0 Å². The topological polar surface area (TPSA) is 22.3 Å². The van der Waals surface area contributed by atoms with Gasteiger partial charge in [0.2, 0.25) is 0 Å². The molecule has 0 unspecified atom stereocenters. The third-order valence-electron chi connectivity index (χ3n) is 3.64. The molecular weight excluding hydrogens is 210 g/mol. The van der Waals surface area contributed by atoms with Crippen molar-refractivity contribution < 1.29 is 0 Å². The van der Waals surface area contributed by atoms with E-state index in [1.165, 1.54) is 22.2 Å². The van der Waals surface area contributed by atoms with Gasteiger partial charge in [0.05, 0.1) is 0 Å². The van der Waals surface area contributed by atoms with E-state index in [4.69, 9.17) is 0 Å². The van der Waals surface area contributed by atoms with E-state index in [9.17, 15) is 0 Å². The molecule has 1 aromatic heterocycles. The molecule has 1 saturated heterocycles. The van der Waals surface area contributed by atoms with Crippen LogP contribution in [0.25, 0.3) is 10.9 Å². The summed E-state index contributed by atoms with van der Waals surface area (Å²) in [5, 5.41) is 1.35. The maximum absolute atomic E-state index is 3.31. The second kappa shape index (κ2) is 4.08. The van der Waals surface area contributed by atoms with Crippen LogP contribution in [0.3, 0.4) is 0 Å². The summed E-state index contributed by atoms with van der Waals surface area (Å²) in [6, 6.07) is 6.71. The van der Waals surface area contributed by atoms with Crippen LogP contribution in [0.4, 0.5) is 5.69 Å². The largest absolute Gasteiger partial charge is 0.368 e. The molecule has 3 nitrogen and oxygen atoms in total. The first-order valence-corrected chi connectivity index (χ1v) is 6.25. The highest BCUT2D eigenvalue weighted by molar-refractivity contribution is 5.93. The highest BCUT2D eigenvalue weighted by atomic mass is 15.2. The van der Waals surface area contributed by atoms with E-state index in [0.717, 1.165) is 26.2 Å². The van der Waals surface area contributed by atoms with Crippen LogP contribution < -0.4 is 4.90 Å². The molecular formula is C14H19N3. The zero-order chi connectivity index (χ0) is 11.8. The van der Waals surface area contributed by atoms with Crippen molar-refractivity contribution in [1.29, 1.82) is 0 Å². The van der Waals surface area contributed by atoms with Crippen molar-refractivity contribution >= 4 is 16.6 Å². The van der Waals surface area contributed by atoms with Crippen molar-refractivity contribution in [3.8, 4) is 0 Å². The molecule has 0 amide bonds. The summed E-state index contributed by atoms with van der Waals surface area (Å²) in [6.45, 7) is 6.72. The van der Waals surface area contributed by atoms with Crippen LogP contribution in [0.5, 0.6) is 0 Å². The molecule has 1 aliphatic rings. The summed E-state index contributed by atoms with van der Waals surface area (Å²) in [4.78, 5) is 8.20. The molecule has 0 aliphatic carbocycles. The smallest absolute Gasteiger partial charge is 0.0477 e. The first-order chi connectivity index (χ1) is 8.24. The molecule has 0 bridgehead atoms. The summed E-state index contributed by atoms with van der Waals surface area (Å²) in [5.74, 6) is 0. The SMILES string of the molecule is Cc1cc(N2CCN(C)CC2)c2cc[nH]c2c1. The van der Waals surface area contributed by atoms with Crippen molar-refractivity contribution in [2.24, 2.45) is 0 Å². The number of nitrogens with zero attached hydrogens (tertiary/aromatic N) is 2. The second-order valence-corrected chi connectivity index (χ2v) is 5.01. The van der Waals surface area contributed by atoms with Gasteiger partial charge in [-0.05, 0) is 37.7 Å². The number of benzene rings is 1. The molecule has 1 fully saturated rings. The molecule has 90 valence electrons. The van der Waals surface area contributed by atoms with E-state index >= 15 is 0 Å². The molecule has 2 aromatic rings. The number of nitrogens with one attached hydrogen (secondary N) is 1. The van der Waals surface area contributed by atoms with Gasteiger partial charge < -0.3 is 14.8 Å². The molecule has 0 radical (unpaired) electrons. The minimum Gasteiger partial charge on any atom is -0.368 e. The van der Waals surface area contributed by atoms with Gasteiger partial charge in [-0.1, -0.05) is 0 Å². The fourth-order valence-corrected chi connectivity index (χ4v) is 2.60. The second-order valence-electron chi connectivity index (χ2n) is 5.01. The van der Waals surface area contributed by atoms with Crippen LogP contribution in [0.2, 0.25) is 0 Å². The Morgan fingerprint density at radius 3 is 2.65 bits per heavy atom. The molecule has 3 rings (SSSR count). The van der Waals surface area contributed by atoms with Crippen molar-refractivity contribution in [2.75, 3.05) is 38.1 Å². The highest BCUT2D eigenvalue weighted by Crippen LogP contribution is 2.28. The van der Waals surface area contributed by atoms with E-state index in [1.807, 2.05) is 6.20 Å². The average Bonchev–Trinajstić information content (AvgIpc) is 2.77. The summed E-state index contributed by atoms with van der Waals surface area (Å²) in [6.07, 6.45) is 2.03. The first-order valence-electron chi connectivity index (χ1n) is 6.25. The lowest BCUT2D eigenvalue weighted by Gasteiger charge is -2.34. The van der Waals surface area contributed by atoms with Crippen LogP contribution in [-0.2, 0) is 0 Å². The standard InChI is InChI=1S/C14H19N3/c1-11-9-13-12(3-4-15-13)14(10-11)17-7-5-16(2)6-8-17/h3-4,9-10,15H,5-8H2,1-2H3. The molecule has 1 N–H and O–H groups in total. The number of likely N-dealkylation sites (N-methyl/N-ethyl adjacent to an activating group) is 1. The Balaban J connectivity index is 2.01. The van der Waals surface area contributed by atoms with Gasteiger partial charge in [0.15, 0.2) is 0 Å². The normalized spacial score (nSPS) is 17.9. The van der Waals surface area contributed by atoms with E-state index in [-0.39, 0.29) is 0 Å². The summed E-state index contributed by atoms with van der Waals surface area (Å²) < 4.78 is 0. The third-order valence-corrected chi connectivity index (χ3v) is 3.64. The number of aryl methyl sites for hydroxylation is 1. The lowest BCUT2D eigenvalue weighted by atomic mass is 10.1. The number of hydrogen-bond acceptors (Lipinski definition) is 2. The van der Waals surface area contributed by atoms with Crippen molar-refractivity contribution in [2.45, 2.75) is 6.92 Å². The Hall–Kier alpha value is -1.48. The Morgan fingerprint density at radius 1 is 1.12 bits per heavy atom. The monoisotopic (exact) mass is 229 g/mol. The van der Waals surface area contributed by atoms with Gasteiger partial charge in [-0.15, -0.1) is 0 Å². The summed E-state index contributed by atoms with van der Waals surface area (Å²) >= 11 is 0. The highest BCUT2D eigenvalue weighted by Gasteiger charge is 2.16. The van der Waals surface area contributed by atoms with E-state index < -0.39 is 0 Å². The van der Waals surface area contributed by atoms with Gasteiger partial charge in [0.1, 0.15) is 0 Å². The van der Waals surface area contributed by atoms with Crippen LogP contribution in [0.1, 0.15) is 5.56 Å². The molecule has 1 aliphatic heterocycles. The minimum atomic E-state index is 1.13. The number of anilines is 1. The van der Waals surface area contributed by atoms with Crippen molar-refractivity contribution in [1.82, 2.24) is 9.88 Å². The van der Waals surface area contributed by atoms with Gasteiger partial charge in [-0.25, -0.2) is 0 Å². The maximum Gasteiger partial charge on any atom is 0.0477 e. The minimum absolute atomic E-state index is 1.13. The van der Waals surface area contributed by atoms with Gasteiger partial charge in [0, 0.05) is 49.0 Å². The maximum atomic E-state index is 3.31. The van der Waals surface area contributed by atoms with Gasteiger partial charge >= 0.3 is 0 Å². The molecule has 2 heterocycles. The molecule has 17 heavy (non-hydrogen) atoms. The van der Waals surface area contributed by atoms with Gasteiger partial charge in [-0.3, -0.25) is 0 Å². The fraction of sp³-hybridized carbons (Fsp3) is 0.429. The number of H-pyrrole nitrogens is 1. The van der Waals surface area contributed by atoms with Crippen molar-refractivity contribution in [3.05, 3.63) is 30.0 Å². The lowest BCUT2D eigenvalue weighted by Crippen LogP contribution is -2.44. The zero-order valence-electron chi connectivity index (χ0n) is 10.5. The Morgan fingerprint density at radius 2 is 1.88 bits per heavy atom. The average molecular weight is 229 g/mol. The first kappa shape index (κ1) is 10.7. The van der Waals surface area contributed by atoms with Crippen LogP contribution in [0.15, 0.2) is 24.4 Å². The zero-order valence-corrected chi connectivity index (χ0v) is 10.5. The van der Waals surface area contributed by atoms with E-state index in [1.54, 1.807) is 0 Å². The summed E-state index contributed by atoms with van der Waals surface area (Å²) in [5.41, 5.74) is 3.96. The van der Waals surface area contributed by atoms with Crippen LogP contribution in [0, 0.1) is 6.92 Å². The van der Waals surface area contributed by atoms with Gasteiger partial charge in [0.25, 0.3) is 0 Å². The van der Waals surface area contributed by atoms with E-state index in [2.05, 4.69) is 47.0 Å². The Bertz CT molecular complexity index is 521. The van der Waals surface area contributed by atoms with Crippen molar-refractivity contribution in [3.63, 3.8) is 0 Å². The third kappa shape index (κ3) is 1.91. The molecule has 0 spiro atoms. The predicted octanol–water partition coefficient (Wildman–Crippen LogP) is 2.23. The van der Waals surface area contributed by atoms with Crippen LogP contribution in [-0.4, -0.2) is 43.1 Å². The van der Waals surface area contributed by atoms with Crippen LogP contribution >= 0.6 is 0 Å². The molecule has 0 saturated carbocycles. The number of fused-ring (bicyclic) bond motifs is 1. The van der Waals surface area contributed by atoms with E-state index in [0.29, 0.717) is 0 Å². The Kier molecular flexibility index (Phi) is 2.56. The predicted molar refractivity (Wildman–Crippen MR) is 72.7 cm³/mol. The number of rotatable bonds is 1. The lowest BCUT2D eigenvalue weighted by molar-refractivity contribution is 0.313. The molecule has 3 heteroatoms. The Labute approximate surface area is 102 Å². The number of piperazine rings is 1. The number of aromatic nitrogens is 1. The molecule has 1 aromatic carbocycles. The fourth-order valence-electron chi connectivity index (χ4n) is 2.60. The quantitative estimate of drug-likeness (QED) is 0.810.